The van der Waals surface area contributed by atoms with E-state index in [0.717, 1.165) is 5.56 Å². The van der Waals surface area contributed by atoms with Gasteiger partial charge in [-0.15, -0.1) is 0 Å². The number of hydrogen-bond acceptors (Lipinski definition) is 6. The van der Waals surface area contributed by atoms with E-state index in [2.05, 4.69) is 4.98 Å². The maximum Gasteiger partial charge on any atom is 0.343 e. The van der Waals surface area contributed by atoms with E-state index >= 15 is 0 Å². The summed E-state index contributed by atoms with van der Waals surface area (Å²) in [5.41, 5.74) is 1.12. The first-order valence-electron chi connectivity index (χ1n) is 9.69. The molecule has 0 spiro atoms. The Morgan fingerprint density at radius 3 is 2.77 bits per heavy atom. The normalized spacial score (nSPS) is 19.4. The topological polar surface area (TPSA) is 102 Å². The van der Waals surface area contributed by atoms with Crippen molar-refractivity contribution in [3.8, 4) is 11.4 Å². The lowest BCUT2D eigenvalue weighted by Crippen LogP contribution is -2.44. The Hall–Kier alpha value is -3.10. The van der Waals surface area contributed by atoms with Gasteiger partial charge in [0.25, 0.3) is 5.56 Å². The zero-order chi connectivity index (χ0) is 21.4. The van der Waals surface area contributed by atoms with Gasteiger partial charge in [0.15, 0.2) is 5.60 Å². The first-order valence-corrected chi connectivity index (χ1v) is 9.69. The third-order valence-electron chi connectivity index (χ3n) is 6.30. The molecule has 2 N–H and O–H groups in total. The second kappa shape index (κ2) is 6.20. The summed E-state index contributed by atoms with van der Waals surface area (Å²) < 4.78 is 20.9. The van der Waals surface area contributed by atoms with Gasteiger partial charge in [-0.1, -0.05) is 6.92 Å². The van der Waals surface area contributed by atoms with Crippen LogP contribution in [0.2, 0.25) is 0 Å². The molecule has 154 valence electrons. The summed E-state index contributed by atoms with van der Waals surface area (Å²) in [6, 6.07) is 4.74. The monoisotopic (exact) mass is 410 g/mol. The Morgan fingerprint density at radius 2 is 2.07 bits per heavy atom. The zero-order valence-electron chi connectivity index (χ0n) is 16.5. The summed E-state index contributed by atoms with van der Waals surface area (Å²) in [5.74, 6) is -1.25. The molecule has 0 aliphatic carbocycles. The Bertz CT molecular complexity index is 1330. The molecule has 0 unspecified atom stereocenters. The van der Waals surface area contributed by atoms with Crippen LogP contribution < -0.4 is 5.56 Å². The number of aromatic nitrogens is 2. The van der Waals surface area contributed by atoms with Crippen molar-refractivity contribution in [3.63, 3.8) is 0 Å². The number of ether oxygens (including phenoxy) is 1. The lowest BCUT2D eigenvalue weighted by Gasteiger charge is -2.31. The molecular weight excluding hydrogens is 391 g/mol. The molecule has 0 amide bonds. The Morgan fingerprint density at radius 1 is 1.30 bits per heavy atom. The van der Waals surface area contributed by atoms with Crippen LogP contribution in [0.1, 0.15) is 41.2 Å². The largest absolute Gasteiger partial charge is 0.458 e. The molecule has 5 rings (SSSR count). The maximum absolute atomic E-state index is 14.3. The predicted octanol–water partition coefficient (Wildman–Crippen LogP) is 2.02. The van der Waals surface area contributed by atoms with Gasteiger partial charge >= 0.3 is 5.97 Å². The van der Waals surface area contributed by atoms with Crippen LogP contribution >= 0.6 is 0 Å². The fraction of sp³-hybridized carbons (Fsp3) is 0.318. The fourth-order valence-electron chi connectivity index (χ4n) is 4.46. The van der Waals surface area contributed by atoms with Crippen LogP contribution in [-0.2, 0) is 34.9 Å². The second-order valence-corrected chi connectivity index (χ2v) is 7.79. The average Bonchev–Trinajstić information content (AvgIpc) is 3.09. The number of aliphatic hydroxyl groups excluding tert-OH is 1. The smallest absolute Gasteiger partial charge is 0.343 e. The number of cyclic esters (lactones) is 1. The van der Waals surface area contributed by atoms with Crippen LogP contribution in [0, 0.1) is 12.7 Å². The molecule has 1 aromatic carbocycles. The van der Waals surface area contributed by atoms with Crippen LogP contribution in [0.15, 0.2) is 23.0 Å². The van der Waals surface area contributed by atoms with Crippen molar-refractivity contribution < 1.29 is 24.1 Å². The van der Waals surface area contributed by atoms with Gasteiger partial charge in [-0.25, -0.2) is 14.2 Å². The van der Waals surface area contributed by atoms with E-state index in [9.17, 15) is 24.2 Å². The quantitative estimate of drug-likeness (QED) is 0.491. The van der Waals surface area contributed by atoms with E-state index in [1.54, 1.807) is 19.9 Å². The van der Waals surface area contributed by atoms with Gasteiger partial charge in [-0.05, 0) is 36.6 Å². The van der Waals surface area contributed by atoms with E-state index < -0.39 is 17.4 Å². The molecule has 1 atom stereocenters. The molecule has 2 aliphatic heterocycles. The van der Waals surface area contributed by atoms with Crippen molar-refractivity contribution in [3.05, 3.63) is 62.2 Å². The molecular formula is C22H19FN2O5. The summed E-state index contributed by atoms with van der Waals surface area (Å²) in [4.78, 5) is 29.9. The van der Waals surface area contributed by atoms with Gasteiger partial charge in [-0.3, -0.25) is 4.79 Å². The number of carbonyl (C=O) groups is 1. The third-order valence-corrected chi connectivity index (χ3v) is 6.30. The number of benzene rings is 1. The van der Waals surface area contributed by atoms with E-state index in [-0.39, 0.29) is 42.9 Å². The minimum absolute atomic E-state index is 0.0596. The molecule has 4 heterocycles. The summed E-state index contributed by atoms with van der Waals surface area (Å²) >= 11 is 0. The summed E-state index contributed by atoms with van der Waals surface area (Å²) in [7, 11) is 0. The number of aliphatic hydroxyl groups is 2. The highest BCUT2D eigenvalue weighted by Gasteiger charge is 2.45. The summed E-state index contributed by atoms with van der Waals surface area (Å²) in [6.45, 7) is 2.97. The van der Waals surface area contributed by atoms with E-state index in [0.29, 0.717) is 33.4 Å². The van der Waals surface area contributed by atoms with Gasteiger partial charge < -0.3 is 19.5 Å². The lowest BCUT2D eigenvalue weighted by molar-refractivity contribution is -0.172. The van der Waals surface area contributed by atoms with Crippen molar-refractivity contribution in [2.24, 2.45) is 0 Å². The van der Waals surface area contributed by atoms with Crippen LogP contribution in [-0.4, -0.2) is 25.7 Å². The lowest BCUT2D eigenvalue weighted by atomic mass is 9.86. The standard InChI is InChI=1S/C22H19FN2O5/c1-3-22(29)15-5-18-19-11(7-25(18)20(27)14(15)9-30-21(22)28)4-12-13(8-26)10(2)16(23)6-17(12)24-19/h4-6,26,29H,3,7-9H2,1-2H3/t22-/m0/s1. The minimum Gasteiger partial charge on any atom is -0.458 e. The van der Waals surface area contributed by atoms with Gasteiger partial charge in [0.2, 0.25) is 0 Å². The van der Waals surface area contributed by atoms with Gasteiger partial charge in [0.1, 0.15) is 12.4 Å². The Labute approximate surface area is 170 Å². The highest BCUT2D eigenvalue weighted by molar-refractivity contribution is 5.88. The molecule has 0 saturated heterocycles. The van der Waals surface area contributed by atoms with Crippen LogP contribution in [0.25, 0.3) is 22.3 Å². The SMILES string of the molecule is CC[C@@]1(O)C(=O)OCc2c1cc1n(c2=O)Cc2cc3c(CO)c(C)c(F)cc3nc2-1. The van der Waals surface area contributed by atoms with Crippen molar-refractivity contribution in [1.82, 2.24) is 9.55 Å². The number of esters is 1. The second-order valence-electron chi connectivity index (χ2n) is 7.79. The average molecular weight is 410 g/mol. The predicted molar refractivity (Wildman–Crippen MR) is 105 cm³/mol. The molecule has 0 saturated carbocycles. The van der Waals surface area contributed by atoms with Crippen LogP contribution in [0.4, 0.5) is 4.39 Å². The highest BCUT2D eigenvalue weighted by Crippen LogP contribution is 2.39. The number of fused-ring (bicyclic) bond motifs is 5. The Kier molecular flexibility index (Phi) is 3.90. The van der Waals surface area contributed by atoms with Crippen molar-refractivity contribution >= 4 is 16.9 Å². The van der Waals surface area contributed by atoms with E-state index in [4.69, 9.17) is 4.74 Å². The number of carbonyl (C=O) groups excluding carboxylic acids is 1. The molecule has 3 aromatic rings. The van der Waals surface area contributed by atoms with E-state index in [1.807, 2.05) is 6.07 Å². The molecule has 0 bridgehead atoms. The van der Waals surface area contributed by atoms with Crippen LogP contribution in [0.5, 0.6) is 0 Å². The number of nitrogens with zero attached hydrogens (tertiary/aromatic N) is 2. The number of hydrogen-bond donors (Lipinski definition) is 2. The molecule has 30 heavy (non-hydrogen) atoms. The molecule has 0 radical (unpaired) electrons. The highest BCUT2D eigenvalue weighted by atomic mass is 19.1. The summed E-state index contributed by atoms with van der Waals surface area (Å²) in [6.07, 6.45) is 0.0596. The van der Waals surface area contributed by atoms with Crippen molar-refractivity contribution in [2.45, 2.75) is 45.6 Å². The fourth-order valence-corrected chi connectivity index (χ4v) is 4.46. The molecule has 0 fully saturated rings. The maximum atomic E-state index is 14.3. The summed E-state index contributed by atoms with van der Waals surface area (Å²) in [5, 5.41) is 21.3. The molecule has 2 aromatic heterocycles. The van der Waals surface area contributed by atoms with Crippen molar-refractivity contribution in [2.75, 3.05) is 0 Å². The number of rotatable bonds is 2. The minimum atomic E-state index is -1.89. The first kappa shape index (κ1) is 18.9. The van der Waals surface area contributed by atoms with Crippen molar-refractivity contribution in [1.29, 1.82) is 0 Å². The van der Waals surface area contributed by atoms with Gasteiger partial charge in [0, 0.05) is 22.6 Å². The zero-order valence-corrected chi connectivity index (χ0v) is 16.5. The molecule has 7 nitrogen and oxygen atoms in total. The third kappa shape index (κ3) is 2.28. The molecule has 8 heteroatoms. The first-order chi connectivity index (χ1) is 14.3. The Balaban J connectivity index is 1.80. The van der Waals surface area contributed by atoms with Crippen LogP contribution in [0.3, 0.4) is 0 Å². The van der Waals surface area contributed by atoms with E-state index in [1.165, 1.54) is 10.6 Å². The number of pyridine rings is 2. The molecule has 2 aliphatic rings. The van der Waals surface area contributed by atoms with Gasteiger partial charge in [0.05, 0.1) is 35.6 Å². The van der Waals surface area contributed by atoms with Gasteiger partial charge in [-0.2, -0.15) is 0 Å². The number of halogens is 1.